The van der Waals surface area contributed by atoms with Crippen LogP contribution in [0.4, 0.5) is 0 Å². The van der Waals surface area contributed by atoms with Crippen molar-refractivity contribution in [3.05, 3.63) is 0 Å². The average Bonchev–Trinajstić information content (AvgIpc) is 2.08. The first-order chi connectivity index (χ1) is 5.33. The van der Waals surface area contributed by atoms with E-state index in [2.05, 4.69) is 6.92 Å². The lowest BCUT2D eigenvalue weighted by Gasteiger charge is -2.25. The molecule has 1 heteroatoms. The van der Waals surface area contributed by atoms with Crippen molar-refractivity contribution in [1.82, 2.24) is 0 Å². The zero-order chi connectivity index (χ0) is 8.69. The van der Waals surface area contributed by atoms with Gasteiger partial charge in [-0.15, -0.1) is 0 Å². The highest BCUT2D eigenvalue weighted by molar-refractivity contribution is 4.70. The molecular weight excluding hydrogens is 134 g/mol. The molecule has 1 fully saturated rings. The van der Waals surface area contributed by atoms with Gasteiger partial charge >= 0.3 is 0 Å². The molecule has 11 heavy (non-hydrogen) atoms. The van der Waals surface area contributed by atoms with Gasteiger partial charge in [0.2, 0.25) is 0 Å². The topological polar surface area (TPSA) is 26.0 Å². The molecule has 1 nitrogen and oxygen atoms in total. The van der Waals surface area contributed by atoms with Crippen LogP contribution >= 0.6 is 0 Å². The maximum Gasteiger partial charge on any atom is -0.00488 e. The van der Waals surface area contributed by atoms with Crippen molar-refractivity contribution in [2.24, 2.45) is 17.6 Å². The molecule has 68 valence electrons. The van der Waals surface area contributed by atoms with Gasteiger partial charge in [0, 0.05) is 0 Å². The van der Waals surface area contributed by atoms with Crippen molar-refractivity contribution >= 4 is 0 Å². The second-order valence-electron chi connectivity index (χ2n) is 3.37. The molecule has 1 saturated carbocycles. The maximum absolute atomic E-state index is 5.57. The Morgan fingerprint density at radius 2 is 1.91 bits per heavy atom. The third kappa shape index (κ3) is 4.41. The van der Waals surface area contributed by atoms with E-state index in [4.69, 9.17) is 5.73 Å². The Bertz CT molecular complexity index is 80.9. The smallest absolute Gasteiger partial charge is 0.00488 e. The van der Waals surface area contributed by atoms with Gasteiger partial charge in [0.25, 0.3) is 0 Å². The van der Waals surface area contributed by atoms with Crippen molar-refractivity contribution in [2.75, 3.05) is 6.54 Å². The summed E-state index contributed by atoms with van der Waals surface area (Å²) < 4.78 is 0. The average molecular weight is 157 g/mol. The van der Waals surface area contributed by atoms with Crippen molar-refractivity contribution < 1.29 is 0 Å². The number of hydrogen-bond acceptors (Lipinski definition) is 1. The highest BCUT2D eigenvalue weighted by Crippen LogP contribution is 2.27. The lowest BCUT2D eigenvalue weighted by Crippen LogP contribution is -2.20. The Morgan fingerprint density at radius 1 is 1.27 bits per heavy atom. The van der Waals surface area contributed by atoms with Crippen LogP contribution in [0.2, 0.25) is 0 Å². The van der Waals surface area contributed by atoms with E-state index in [9.17, 15) is 0 Å². The summed E-state index contributed by atoms with van der Waals surface area (Å²) >= 11 is 0. The van der Waals surface area contributed by atoms with Gasteiger partial charge in [-0.05, 0) is 31.2 Å². The molecular formula is C10H23N. The quantitative estimate of drug-likeness (QED) is 0.622. The van der Waals surface area contributed by atoms with Crippen LogP contribution in [0.5, 0.6) is 0 Å². The third-order valence-electron chi connectivity index (χ3n) is 2.38. The zero-order valence-electron chi connectivity index (χ0n) is 8.27. The Kier molecular flexibility index (Phi) is 6.63. The Morgan fingerprint density at radius 3 is 2.27 bits per heavy atom. The van der Waals surface area contributed by atoms with E-state index in [1.54, 1.807) is 0 Å². The normalized spacial score (nSPS) is 30.5. The van der Waals surface area contributed by atoms with Crippen molar-refractivity contribution in [3.8, 4) is 0 Å². The highest BCUT2D eigenvalue weighted by atomic mass is 14.5. The van der Waals surface area contributed by atoms with E-state index in [-0.39, 0.29) is 0 Å². The fourth-order valence-electron chi connectivity index (χ4n) is 1.77. The van der Waals surface area contributed by atoms with Crippen LogP contribution in [-0.4, -0.2) is 6.54 Å². The molecule has 0 aliphatic heterocycles. The largest absolute Gasteiger partial charge is 0.330 e. The van der Waals surface area contributed by atoms with Crippen molar-refractivity contribution in [2.45, 2.75) is 46.5 Å². The highest BCUT2D eigenvalue weighted by Gasteiger charge is 2.16. The van der Waals surface area contributed by atoms with E-state index in [1.165, 1.54) is 25.7 Å². The maximum atomic E-state index is 5.57. The molecule has 0 aromatic heterocycles. The van der Waals surface area contributed by atoms with Crippen LogP contribution in [0.25, 0.3) is 0 Å². The molecule has 0 bridgehead atoms. The molecule has 0 spiro atoms. The molecule has 1 aliphatic rings. The minimum absolute atomic E-state index is 0.841. The monoisotopic (exact) mass is 157 g/mol. The van der Waals surface area contributed by atoms with Crippen LogP contribution < -0.4 is 5.73 Å². The first kappa shape index (κ1) is 11.0. The summed E-state index contributed by atoms with van der Waals surface area (Å²) in [6, 6.07) is 0. The zero-order valence-corrected chi connectivity index (χ0v) is 8.27. The number of hydrogen-bond donors (Lipinski definition) is 1. The first-order valence-corrected chi connectivity index (χ1v) is 5.03. The molecule has 2 unspecified atom stereocenters. The Labute approximate surface area is 71.4 Å². The molecule has 0 radical (unpaired) electrons. The van der Waals surface area contributed by atoms with Crippen LogP contribution in [0.1, 0.15) is 46.5 Å². The molecule has 2 atom stereocenters. The molecule has 0 saturated heterocycles. The van der Waals surface area contributed by atoms with Gasteiger partial charge in [0.15, 0.2) is 0 Å². The lowest BCUT2D eigenvalue weighted by molar-refractivity contribution is 0.288. The van der Waals surface area contributed by atoms with Crippen LogP contribution in [-0.2, 0) is 0 Å². The standard InChI is InChI=1S/C8H17N.C2H6/c1-7-3-2-4-8(5-7)6-9;1-2/h7-8H,2-6,9H2,1H3;1-2H3. The van der Waals surface area contributed by atoms with Crippen LogP contribution in [0, 0.1) is 11.8 Å². The molecule has 1 rings (SSSR count). The van der Waals surface area contributed by atoms with Crippen LogP contribution in [0.15, 0.2) is 0 Å². The lowest BCUT2D eigenvalue weighted by atomic mass is 9.83. The fourth-order valence-corrected chi connectivity index (χ4v) is 1.77. The Hall–Kier alpha value is -0.0400. The predicted octanol–water partition coefficient (Wildman–Crippen LogP) is 2.80. The second-order valence-corrected chi connectivity index (χ2v) is 3.37. The first-order valence-electron chi connectivity index (χ1n) is 5.03. The van der Waals surface area contributed by atoms with Gasteiger partial charge in [-0.1, -0.05) is 33.6 Å². The third-order valence-corrected chi connectivity index (χ3v) is 2.38. The SMILES string of the molecule is CC.CC1CCCC(CN)C1. The van der Waals surface area contributed by atoms with Gasteiger partial charge in [-0.2, -0.15) is 0 Å². The van der Waals surface area contributed by atoms with Crippen molar-refractivity contribution in [1.29, 1.82) is 0 Å². The minimum Gasteiger partial charge on any atom is -0.330 e. The number of nitrogens with two attached hydrogens (primary N) is 1. The molecule has 0 amide bonds. The summed E-state index contributed by atoms with van der Waals surface area (Å²) in [7, 11) is 0. The van der Waals surface area contributed by atoms with E-state index < -0.39 is 0 Å². The van der Waals surface area contributed by atoms with E-state index in [0.717, 1.165) is 18.4 Å². The molecule has 1 aliphatic carbocycles. The summed E-state index contributed by atoms with van der Waals surface area (Å²) in [5.41, 5.74) is 5.57. The summed E-state index contributed by atoms with van der Waals surface area (Å²) in [5, 5.41) is 0. The van der Waals surface area contributed by atoms with Gasteiger partial charge in [-0.3, -0.25) is 0 Å². The predicted molar refractivity (Wildman–Crippen MR) is 51.5 cm³/mol. The van der Waals surface area contributed by atoms with Gasteiger partial charge in [0.05, 0.1) is 0 Å². The Balaban J connectivity index is 0.000000461. The molecule has 0 heterocycles. The van der Waals surface area contributed by atoms with Gasteiger partial charge in [-0.25, -0.2) is 0 Å². The fraction of sp³-hybridized carbons (Fsp3) is 1.00. The minimum atomic E-state index is 0.841. The summed E-state index contributed by atoms with van der Waals surface area (Å²) in [6.45, 7) is 7.24. The summed E-state index contributed by atoms with van der Waals surface area (Å²) in [4.78, 5) is 0. The van der Waals surface area contributed by atoms with E-state index in [1.807, 2.05) is 13.8 Å². The number of rotatable bonds is 1. The molecule has 0 aromatic carbocycles. The second kappa shape index (κ2) is 6.66. The van der Waals surface area contributed by atoms with E-state index >= 15 is 0 Å². The van der Waals surface area contributed by atoms with Gasteiger partial charge in [0.1, 0.15) is 0 Å². The van der Waals surface area contributed by atoms with Crippen LogP contribution in [0.3, 0.4) is 0 Å². The van der Waals surface area contributed by atoms with Gasteiger partial charge < -0.3 is 5.73 Å². The van der Waals surface area contributed by atoms with E-state index in [0.29, 0.717) is 0 Å². The molecule has 2 N–H and O–H groups in total. The molecule has 0 aromatic rings. The summed E-state index contributed by atoms with van der Waals surface area (Å²) in [6.07, 6.45) is 5.58. The summed E-state index contributed by atoms with van der Waals surface area (Å²) in [5.74, 6) is 1.78. The van der Waals surface area contributed by atoms with Crippen molar-refractivity contribution in [3.63, 3.8) is 0 Å².